The lowest BCUT2D eigenvalue weighted by Crippen LogP contribution is -2.48. The number of likely N-dealkylation sites (tertiary alicyclic amines) is 1. The fraction of sp³-hybridized carbons (Fsp3) is 0.857. The lowest BCUT2D eigenvalue weighted by atomic mass is 9.99. The van der Waals surface area contributed by atoms with E-state index < -0.39 is 0 Å². The van der Waals surface area contributed by atoms with Crippen molar-refractivity contribution >= 4 is 23.8 Å². The maximum atomic E-state index is 12.2. The Morgan fingerprint density at radius 3 is 2.45 bits per heavy atom. The Bertz CT molecular complexity index is 337. The number of nitrogens with zero attached hydrogens (tertiary/aromatic N) is 1. The molecule has 2 rings (SSSR count). The zero-order valence-electron chi connectivity index (χ0n) is 12.1. The normalized spacial score (nSPS) is 21.6. The number of piperidine rings is 1. The topological polar surface area (TPSA) is 58.6 Å². The van der Waals surface area contributed by atoms with Gasteiger partial charge in [-0.05, 0) is 44.1 Å². The molecule has 2 amide bonds. The van der Waals surface area contributed by atoms with Gasteiger partial charge in [0.05, 0.1) is 6.61 Å². The van der Waals surface area contributed by atoms with Gasteiger partial charge in [-0.2, -0.15) is 11.8 Å². The Hall–Kier alpha value is -0.910. The van der Waals surface area contributed by atoms with E-state index in [2.05, 4.69) is 5.32 Å². The number of ether oxygens (including phenoxy) is 1. The first-order valence-electron chi connectivity index (χ1n) is 7.50. The maximum absolute atomic E-state index is 12.2. The van der Waals surface area contributed by atoms with Crippen LogP contribution in [-0.4, -0.2) is 54.1 Å². The molecule has 0 aromatic carbocycles. The number of rotatable bonds is 3. The van der Waals surface area contributed by atoms with Crippen molar-refractivity contribution in [3.63, 3.8) is 0 Å². The Labute approximate surface area is 124 Å². The Balaban J connectivity index is 1.71. The number of hydrogen-bond donors (Lipinski definition) is 1. The molecule has 0 atom stereocenters. The maximum Gasteiger partial charge on any atom is 0.409 e. The van der Waals surface area contributed by atoms with Crippen LogP contribution in [0.15, 0.2) is 0 Å². The first-order valence-corrected chi connectivity index (χ1v) is 8.66. The van der Waals surface area contributed by atoms with Gasteiger partial charge in [-0.1, -0.05) is 0 Å². The van der Waals surface area contributed by atoms with E-state index in [9.17, 15) is 9.59 Å². The number of nitrogens with one attached hydrogen (secondary N) is 1. The molecule has 2 heterocycles. The van der Waals surface area contributed by atoms with Crippen molar-refractivity contribution in [2.45, 2.75) is 38.6 Å². The molecule has 2 aliphatic rings. The van der Waals surface area contributed by atoms with Crippen molar-refractivity contribution in [2.24, 2.45) is 5.92 Å². The summed E-state index contributed by atoms with van der Waals surface area (Å²) in [4.78, 5) is 25.5. The summed E-state index contributed by atoms with van der Waals surface area (Å²) >= 11 is 1.93. The van der Waals surface area contributed by atoms with Crippen molar-refractivity contribution < 1.29 is 14.3 Å². The van der Waals surface area contributed by atoms with E-state index in [0.717, 1.165) is 37.2 Å². The minimum Gasteiger partial charge on any atom is -0.450 e. The Morgan fingerprint density at radius 1 is 1.20 bits per heavy atom. The monoisotopic (exact) mass is 300 g/mol. The zero-order chi connectivity index (χ0) is 14.4. The van der Waals surface area contributed by atoms with Crippen LogP contribution in [-0.2, 0) is 9.53 Å². The van der Waals surface area contributed by atoms with Crippen molar-refractivity contribution in [1.29, 1.82) is 0 Å². The van der Waals surface area contributed by atoms with E-state index in [1.165, 1.54) is 0 Å². The molecule has 0 unspecified atom stereocenters. The fourth-order valence-electron chi connectivity index (χ4n) is 2.70. The molecule has 0 aromatic heterocycles. The second-order valence-corrected chi connectivity index (χ2v) is 6.58. The Kier molecular flexibility index (Phi) is 6.01. The number of carbonyl (C=O) groups excluding carboxylic acids is 2. The second-order valence-electron chi connectivity index (χ2n) is 5.36. The van der Waals surface area contributed by atoms with Crippen molar-refractivity contribution in [3.05, 3.63) is 0 Å². The summed E-state index contributed by atoms with van der Waals surface area (Å²) in [5.74, 6) is 2.60. The fourth-order valence-corrected chi connectivity index (χ4v) is 3.81. The van der Waals surface area contributed by atoms with E-state index in [1.807, 2.05) is 18.7 Å². The van der Waals surface area contributed by atoms with Crippen LogP contribution in [0.2, 0.25) is 0 Å². The summed E-state index contributed by atoms with van der Waals surface area (Å²) in [7, 11) is 0. The molecule has 2 aliphatic heterocycles. The van der Waals surface area contributed by atoms with Crippen LogP contribution < -0.4 is 5.32 Å². The summed E-state index contributed by atoms with van der Waals surface area (Å²) in [5.41, 5.74) is 0. The van der Waals surface area contributed by atoms with Gasteiger partial charge in [-0.15, -0.1) is 0 Å². The van der Waals surface area contributed by atoms with Crippen molar-refractivity contribution in [1.82, 2.24) is 10.2 Å². The SMILES string of the molecule is CCOC(=O)N1CCC(NC(=O)C2CCSCC2)CC1. The first kappa shape index (κ1) is 15.5. The van der Waals surface area contributed by atoms with Crippen LogP contribution in [0.3, 0.4) is 0 Å². The summed E-state index contributed by atoms with van der Waals surface area (Å²) in [5, 5.41) is 3.15. The van der Waals surface area contributed by atoms with E-state index in [1.54, 1.807) is 4.90 Å². The average molecular weight is 300 g/mol. The van der Waals surface area contributed by atoms with Crippen LogP contribution >= 0.6 is 11.8 Å². The molecule has 0 saturated carbocycles. The third-order valence-electron chi connectivity index (χ3n) is 3.96. The predicted molar refractivity (Wildman–Crippen MR) is 79.8 cm³/mol. The van der Waals surface area contributed by atoms with Crippen LogP contribution in [0.25, 0.3) is 0 Å². The lowest BCUT2D eigenvalue weighted by molar-refractivity contribution is -0.126. The zero-order valence-corrected chi connectivity index (χ0v) is 12.9. The van der Waals surface area contributed by atoms with Crippen LogP contribution in [0.5, 0.6) is 0 Å². The largest absolute Gasteiger partial charge is 0.450 e. The molecule has 0 radical (unpaired) electrons. The van der Waals surface area contributed by atoms with E-state index in [4.69, 9.17) is 4.74 Å². The molecular weight excluding hydrogens is 276 g/mol. The van der Waals surface area contributed by atoms with Gasteiger partial charge in [0.1, 0.15) is 0 Å². The van der Waals surface area contributed by atoms with Gasteiger partial charge in [0.15, 0.2) is 0 Å². The van der Waals surface area contributed by atoms with Gasteiger partial charge in [-0.3, -0.25) is 4.79 Å². The molecule has 0 bridgehead atoms. The van der Waals surface area contributed by atoms with Crippen molar-refractivity contribution in [3.8, 4) is 0 Å². The van der Waals surface area contributed by atoms with Crippen LogP contribution in [0.4, 0.5) is 4.79 Å². The highest BCUT2D eigenvalue weighted by Crippen LogP contribution is 2.23. The smallest absolute Gasteiger partial charge is 0.409 e. The Morgan fingerprint density at radius 2 is 1.85 bits per heavy atom. The summed E-state index contributed by atoms with van der Waals surface area (Å²) in [6.45, 7) is 3.57. The lowest BCUT2D eigenvalue weighted by Gasteiger charge is -2.32. The number of carbonyl (C=O) groups is 2. The standard InChI is InChI=1S/C14H24N2O3S/c1-2-19-14(18)16-7-3-12(4-8-16)15-13(17)11-5-9-20-10-6-11/h11-12H,2-10H2,1H3,(H,15,17). The highest BCUT2D eigenvalue weighted by Gasteiger charge is 2.27. The number of thioether (sulfide) groups is 1. The number of amides is 2. The quantitative estimate of drug-likeness (QED) is 0.864. The molecule has 1 N–H and O–H groups in total. The summed E-state index contributed by atoms with van der Waals surface area (Å²) in [6.07, 6.45) is 3.41. The highest BCUT2D eigenvalue weighted by atomic mass is 32.2. The molecule has 114 valence electrons. The first-order chi connectivity index (χ1) is 9.70. The predicted octanol–water partition coefficient (Wildman–Crippen LogP) is 1.87. The molecule has 0 spiro atoms. The molecule has 5 nitrogen and oxygen atoms in total. The van der Waals surface area contributed by atoms with Gasteiger partial charge in [0.25, 0.3) is 0 Å². The molecule has 2 fully saturated rings. The third-order valence-corrected chi connectivity index (χ3v) is 5.01. The number of hydrogen-bond acceptors (Lipinski definition) is 4. The molecule has 2 saturated heterocycles. The summed E-state index contributed by atoms with van der Waals surface area (Å²) < 4.78 is 4.99. The minimum atomic E-state index is -0.235. The second kappa shape index (κ2) is 7.76. The summed E-state index contributed by atoms with van der Waals surface area (Å²) in [6, 6.07) is 0.211. The molecule has 0 aromatic rings. The van der Waals surface area contributed by atoms with Crippen LogP contribution in [0, 0.1) is 5.92 Å². The minimum absolute atomic E-state index is 0.194. The molecular formula is C14H24N2O3S. The van der Waals surface area contributed by atoms with Gasteiger partial charge in [-0.25, -0.2) is 4.79 Å². The van der Waals surface area contributed by atoms with Gasteiger partial charge < -0.3 is 15.0 Å². The molecule has 0 aliphatic carbocycles. The van der Waals surface area contributed by atoms with Gasteiger partial charge in [0, 0.05) is 25.0 Å². The average Bonchev–Trinajstić information content (AvgIpc) is 2.49. The van der Waals surface area contributed by atoms with Crippen molar-refractivity contribution in [2.75, 3.05) is 31.2 Å². The van der Waals surface area contributed by atoms with Crippen LogP contribution in [0.1, 0.15) is 32.6 Å². The van der Waals surface area contributed by atoms with Gasteiger partial charge in [0.2, 0.25) is 5.91 Å². The molecule has 6 heteroatoms. The third kappa shape index (κ3) is 4.30. The van der Waals surface area contributed by atoms with E-state index >= 15 is 0 Å². The van der Waals surface area contributed by atoms with Gasteiger partial charge >= 0.3 is 6.09 Å². The highest BCUT2D eigenvalue weighted by molar-refractivity contribution is 7.99. The van der Waals surface area contributed by atoms with E-state index in [-0.39, 0.29) is 24.0 Å². The molecule has 20 heavy (non-hydrogen) atoms. The van der Waals surface area contributed by atoms with E-state index in [0.29, 0.717) is 19.7 Å².